The maximum absolute atomic E-state index is 12.9. The van der Waals surface area contributed by atoms with Crippen LogP contribution in [0.3, 0.4) is 0 Å². The van der Waals surface area contributed by atoms with E-state index in [-0.39, 0.29) is 18.9 Å². The van der Waals surface area contributed by atoms with Gasteiger partial charge in [0.15, 0.2) is 6.29 Å². The van der Waals surface area contributed by atoms with Gasteiger partial charge in [0.25, 0.3) is 0 Å². The number of nitrogens with one attached hydrogen (secondary N) is 1. The second-order valence-electron chi connectivity index (χ2n) is 14.7. The largest absolute Gasteiger partial charge is 0.394 e. The van der Waals surface area contributed by atoms with Crippen molar-refractivity contribution in [2.45, 2.75) is 185 Å². The van der Waals surface area contributed by atoms with Crippen molar-refractivity contribution in [3.63, 3.8) is 0 Å². The molecule has 9 heteroatoms. The van der Waals surface area contributed by atoms with Gasteiger partial charge in [-0.05, 0) is 83.5 Å². The molecular formula is C48H79NO8. The summed E-state index contributed by atoms with van der Waals surface area (Å²) < 4.78 is 11.2. The summed E-state index contributed by atoms with van der Waals surface area (Å²) in [4.78, 5) is 12.9. The number of aliphatic hydroxyl groups excluding tert-OH is 5. The molecule has 0 aromatic carbocycles. The van der Waals surface area contributed by atoms with E-state index < -0.39 is 49.5 Å². The maximum Gasteiger partial charge on any atom is 0.220 e. The van der Waals surface area contributed by atoms with Gasteiger partial charge in [0, 0.05) is 6.42 Å². The average molecular weight is 798 g/mol. The Morgan fingerprint density at radius 1 is 0.614 bits per heavy atom. The summed E-state index contributed by atoms with van der Waals surface area (Å²) in [6.07, 6.45) is 45.9. The van der Waals surface area contributed by atoms with Crippen molar-refractivity contribution in [1.29, 1.82) is 0 Å². The second-order valence-corrected chi connectivity index (χ2v) is 14.7. The molecule has 1 rings (SSSR count). The van der Waals surface area contributed by atoms with Gasteiger partial charge in [-0.3, -0.25) is 4.79 Å². The minimum absolute atomic E-state index is 0.235. The average Bonchev–Trinajstić information content (AvgIpc) is 3.21. The van der Waals surface area contributed by atoms with Crippen molar-refractivity contribution in [2.24, 2.45) is 0 Å². The van der Waals surface area contributed by atoms with Gasteiger partial charge < -0.3 is 40.3 Å². The van der Waals surface area contributed by atoms with Crippen LogP contribution >= 0.6 is 0 Å². The molecule has 9 nitrogen and oxygen atoms in total. The molecule has 1 fully saturated rings. The standard InChI is InChI=1S/C48H79NO8/c1-3-5-7-9-11-13-15-17-19-21-23-25-27-29-31-33-35-37-42(51)41(40-56-48-47(55)46(54)45(53)43(39-50)57-48)49-44(52)38-36-34-32-30-28-26-24-22-20-18-16-14-12-10-8-6-4-2/h6,8,12,14,18-21,24,26-27,29-30,32,35,37,41-43,45-48,50-51,53-55H,3-5,7,9-11,13,15-17,22-23,25,28,31,33-34,36,38-40H2,1-2H3,(H,49,52)/b8-6-,14-12-,20-18-,21-19+,26-24-,29-27+,32-30-,37-35+. The molecule has 0 spiro atoms. The molecular weight excluding hydrogens is 719 g/mol. The van der Waals surface area contributed by atoms with Crippen LogP contribution in [0.5, 0.6) is 0 Å². The van der Waals surface area contributed by atoms with Crippen molar-refractivity contribution in [2.75, 3.05) is 13.2 Å². The zero-order valence-corrected chi connectivity index (χ0v) is 35.3. The van der Waals surface area contributed by atoms with Gasteiger partial charge >= 0.3 is 0 Å². The van der Waals surface area contributed by atoms with Crippen LogP contribution < -0.4 is 5.32 Å². The summed E-state index contributed by atoms with van der Waals surface area (Å²) in [5, 5.41) is 54.0. The van der Waals surface area contributed by atoms with Gasteiger partial charge in [-0.1, -0.05) is 150 Å². The van der Waals surface area contributed by atoms with Gasteiger partial charge in [0.05, 0.1) is 25.4 Å². The molecule has 1 aliphatic rings. The minimum Gasteiger partial charge on any atom is -0.394 e. The number of ether oxygens (including phenoxy) is 2. The number of rotatable bonds is 34. The lowest BCUT2D eigenvalue weighted by molar-refractivity contribution is -0.302. The third kappa shape index (κ3) is 28.2. The van der Waals surface area contributed by atoms with Crippen LogP contribution in [0.15, 0.2) is 97.2 Å². The summed E-state index contributed by atoms with van der Waals surface area (Å²) in [7, 11) is 0. The summed E-state index contributed by atoms with van der Waals surface area (Å²) >= 11 is 0. The third-order valence-electron chi connectivity index (χ3n) is 9.62. The Kier molecular flexibility index (Phi) is 34.2. The molecule has 1 aliphatic heterocycles. The van der Waals surface area contributed by atoms with Crippen LogP contribution in [0.1, 0.15) is 142 Å². The van der Waals surface area contributed by atoms with Crippen molar-refractivity contribution in [3.05, 3.63) is 97.2 Å². The van der Waals surface area contributed by atoms with Gasteiger partial charge in [-0.15, -0.1) is 0 Å². The maximum atomic E-state index is 12.9. The molecule has 1 heterocycles. The number of amides is 1. The third-order valence-corrected chi connectivity index (χ3v) is 9.62. The van der Waals surface area contributed by atoms with Gasteiger partial charge in [0.1, 0.15) is 24.4 Å². The normalized spacial score (nSPS) is 22.0. The number of aliphatic hydroxyl groups is 5. The first-order chi connectivity index (χ1) is 27.8. The highest BCUT2D eigenvalue weighted by molar-refractivity contribution is 5.76. The molecule has 0 bridgehead atoms. The Morgan fingerprint density at radius 2 is 1.11 bits per heavy atom. The molecule has 6 N–H and O–H groups in total. The van der Waals surface area contributed by atoms with E-state index >= 15 is 0 Å². The molecule has 0 aliphatic carbocycles. The summed E-state index contributed by atoms with van der Waals surface area (Å²) in [5.41, 5.74) is 0. The lowest BCUT2D eigenvalue weighted by Gasteiger charge is -2.40. The Labute approximate surface area is 345 Å². The zero-order valence-electron chi connectivity index (χ0n) is 35.3. The summed E-state index contributed by atoms with van der Waals surface area (Å²) in [6, 6.07) is -0.863. The lowest BCUT2D eigenvalue weighted by Crippen LogP contribution is -2.60. The number of hydrogen-bond donors (Lipinski definition) is 6. The van der Waals surface area contributed by atoms with Crippen LogP contribution in [0.4, 0.5) is 0 Å². The van der Waals surface area contributed by atoms with Crippen LogP contribution in [-0.2, 0) is 14.3 Å². The monoisotopic (exact) mass is 798 g/mol. The molecule has 324 valence electrons. The van der Waals surface area contributed by atoms with Gasteiger partial charge in [-0.25, -0.2) is 0 Å². The van der Waals surface area contributed by atoms with Crippen LogP contribution in [0.25, 0.3) is 0 Å². The number of allylic oxidation sites excluding steroid dienone is 15. The van der Waals surface area contributed by atoms with Crippen molar-refractivity contribution in [1.82, 2.24) is 5.32 Å². The molecule has 1 amide bonds. The SMILES string of the molecule is CC/C=C\C/C=C\C/C=C\C/C=C\C/C=C\CCCC(=O)NC(COC1OC(CO)C(O)C(O)C1O)C(O)/C=C/CC/C=C/CC/C=C/CCCCCCCCC. The van der Waals surface area contributed by atoms with Crippen LogP contribution in [0.2, 0.25) is 0 Å². The Bertz CT molecular complexity index is 1200. The van der Waals surface area contributed by atoms with E-state index in [0.29, 0.717) is 12.8 Å². The second kappa shape index (κ2) is 37.4. The quantitative estimate of drug-likeness (QED) is 0.0279. The number of carbonyl (C=O) groups is 1. The van der Waals surface area contributed by atoms with Gasteiger partial charge in [-0.2, -0.15) is 0 Å². The highest BCUT2D eigenvalue weighted by atomic mass is 16.7. The Morgan fingerprint density at radius 3 is 1.68 bits per heavy atom. The minimum atomic E-state index is -1.59. The molecule has 1 saturated heterocycles. The summed E-state index contributed by atoms with van der Waals surface area (Å²) in [5.74, 6) is -0.253. The number of carbonyl (C=O) groups excluding carboxylic acids is 1. The fourth-order valence-electron chi connectivity index (χ4n) is 6.10. The van der Waals surface area contributed by atoms with E-state index in [1.54, 1.807) is 6.08 Å². The molecule has 7 unspecified atom stereocenters. The fraction of sp³-hybridized carbons (Fsp3) is 0.646. The molecule has 0 aromatic heterocycles. The first-order valence-electron chi connectivity index (χ1n) is 22.0. The van der Waals surface area contributed by atoms with E-state index in [2.05, 4.69) is 104 Å². The molecule has 0 aromatic rings. The highest BCUT2D eigenvalue weighted by Gasteiger charge is 2.44. The smallest absolute Gasteiger partial charge is 0.220 e. The van der Waals surface area contributed by atoms with Gasteiger partial charge in [0.2, 0.25) is 5.91 Å². The zero-order chi connectivity index (χ0) is 41.6. The van der Waals surface area contributed by atoms with Crippen LogP contribution in [-0.4, -0.2) is 87.5 Å². The lowest BCUT2D eigenvalue weighted by atomic mass is 9.99. The Hall–Kier alpha value is -2.89. The topological polar surface area (TPSA) is 149 Å². The molecule has 0 radical (unpaired) electrons. The number of unbranched alkanes of at least 4 members (excludes halogenated alkanes) is 10. The predicted octanol–water partition coefficient (Wildman–Crippen LogP) is 8.94. The van der Waals surface area contributed by atoms with E-state index in [1.807, 2.05) is 6.08 Å². The summed E-state index contributed by atoms with van der Waals surface area (Å²) in [6.45, 7) is 3.56. The van der Waals surface area contributed by atoms with Crippen molar-refractivity contribution in [3.8, 4) is 0 Å². The highest BCUT2D eigenvalue weighted by Crippen LogP contribution is 2.22. The number of hydrogen-bond acceptors (Lipinski definition) is 8. The fourth-order valence-corrected chi connectivity index (χ4v) is 6.10. The van der Waals surface area contributed by atoms with E-state index in [4.69, 9.17) is 9.47 Å². The first-order valence-corrected chi connectivity index (χ1v) is 22.0. The molecule has 0 saturated carbocycles. The molecule has 57 heavy (non-hydrogen) atoms. The van der Waals surface area contributed by atoms with Crippen LogP contribution in [0, 0.1) is 0 Å². The van der Waals surface area contributed by atoms with E-state index in [0.717, 1.165) is 64.2 Å². The first kappa shape index (κ1) is 52.1. The van der Waals surface area contributed by atoms with E-state index in [9.17, 15) is 30.3 Å². The predicted molar refractivity (Wildman–Crippen MR) is 234 cm³/mol. The Balaban J connectivity index is 2.49. The molecule has 7 atom stereocenters. The van der Waals surface area contributed by atoms with E-state index in [1.165, 1.54) is 44.9 Å². The van der Waals surface area contributed by atoms with Crippen molar-refractivity contribution >= 4 is 5.91 Å². The van der Waals surface area contributed by atoms with Crippen molar-refractivity contribution < 1.29 is 39.8 Å².